The normalized spacial score (nSPS) is 12.4. The molecule has 1 rings (SSSR count). The molecule has 0 aromatic heterocycles. The fraction of sp³-hybridized carbons (Fsp3) is 0.455. The van der Waals surface area contributed by atoms with Crippen LogP contribution in [-0.2, 0) is 19.1 Å². The summed E-state index contributed by atoms with van der Waals surface area (Å²) in [7, 11) is 0. The summed E-state index contributed by atoms with van der Waals surface area (Å²) in [6, 6.07) is 0. The minimum Gasteiger partial charge on any atom is -0.478 e. The van der Waals surface area contributed by atoms with Crippen molar-refractivity contribution in [2.45, 2.75) is 13.8 Å². The van der Waals surface area contributed by atoms with Crippen LogP contribution in [-0.4, -0.2) is 42.2 Å². The zero-order valence-corrected chi connectivity index (χ0v) is 10.1. The fourth-order valence-corrected chi connectivity index (χ4v) is 0.295. The van der Waals surface area contributed by atoms with Gasteiger partial charge in [-0.15, -0.1) is 0 Å². The first kappa shape index (κ1) is 17.7. The summed E-state index contributed by atoms with van der Waals surface area (Å²) in [5, 5.41) is 15.8. The van der Waals surface area contributed by atoms with E-state index in [-0.39, 0.29) is 11.1 Å². The molecule has 17 heavy (non-hydrogen) atoms. The molecule has 6 heteroatoms. The highest BCUT2D eigenvalue weighted by Crippen LogP contribution is 1.86. The standard InChI is InChI=1S/2C4H6O2.C3H6O2/c2*1-3(2)4(5)6;1-2-5-3-4-1/h2*1H2,2H3,(H,5,6);1-3H2. The van der Waals surface area contributed by atoms with Crippen molar-refractivity contribution < 1.29 is 29.3 Å². The van der Waals surface area contributed by atoms with Crippen LogP contribution in [0.2, 0.25) is 0 Å². The molecule has 98 valence electrons. The summed E-state index contributed by atoms with van der Waals surface area (Å²) in [5.41, 5.74) is 0.352. The molecule has 0 atom stereocenters. The fourth-order valence-electron chi connectivity index (χ4n) is 0.295. The van der Waals surface area contributed by atoms with E-state index in [1.807, 2.05) is 0 Å². The lowest BCUT2D eigenvalue weighted by atomic mass is 10.4. The Bertz CT molecular complexity index is 222. The molecule has 0 radical (unpaired) electrons. The molecule has 0 aromatic carbocycles. The molecule has 2 N–H and O–H groups in total. The van der Waals surface area contributed by atoms with E-state index < -0.39 is 11.9 Å². The molecule has 0 bridgehead atoms. The van der Waals surface area contributed by atoms with Crippen LogP contribution in [0.15, 0.2) is 24.3 Å². The Morgan fingerprint density at radius 2 is 1.18 bits per heavy atom. The average Bonchev–Trinajstić information content (AvgIpc) is 2.75. The van der Waals surface area contributed by atoms with Crippen LogP contribution < -0.4 is 0 Å². The van der Waals surface area contributed by atoms with E-state index in [1.165, 1.54) is 13.8 Å². The summed E-state index contributed by atoms with van der Waals surface area (Å²) in [4.78, 5) is 19.2. The maximum absolute atomic E-state index is 9.60. The highest BCUT2D eigenvalue weighted by atomic mass is 16.7. The van der Waals surface area contributed by atoms with Crippen LogP contribution in [0.1, 0.15) is 13.8 Å². The zero-order valence-electron chi connectivity index (χ0n) is 10.1. The van der Waals surface area contributed by atoms with E-state index in [4.69, 9.17) is 19.7 Å². The number of carboxylic acids is 2. The Morgan fingerprint density at radius 3 is 1.24 bits per heavy atom. The van der Waals surface area contributed by atoms with Crippen LogP contribution in [0.5, 0.6) is 0 Å². The number of hydrogen-bond acceptors (Lipinski definition) is 4. The SMILES string of the molecule is C1COCO1.C=C(C)C(=O)O.C=C(C)C(=O)O. The van der Waals surface area contributed by atoms with Crippen molar-refractivity contribution in [1.82, 2.24) is 0 Å². The van der Waals surface area contributed by atoms with Crippen LogP contribution in [0.3, 0.4) is 0 Å². The van der Waals surface area contributed by atoms with Crippen molar-refractivity contribution in [2.24, 2.45) is 0 Å². The molecule has 1 heterocycles. The van der Waals surface area contributed by atoms with Crippen molar-refractivity contribution >= 4 is 11.9 Å². The topological polar surface area (TPSA) is 93.1 Å². The quantitative estimate of drug-likeness (QED) is 0.713. The maximum Gasteiger partial charge on any atom is 0.330 e. The largest absolute Gasteiger partial charge is 0.478 e. The molecule has 0 aliphatic carbocycles. The van der Waals surface area contributed by atoms with Crippen molar-refractivity contribution in [3.05, 3.63) is 24.3 Å². The lowest BCUT2D eigenvalue weighted by molar-refractivity contribution is -0.133. The van der Waals surface area contributed by atoms with Gasteiger partial charge in [0.15, 0.2) is 0 Å². The van der Waals surface area contributed by atoms with Gasteiger partial charge in [-0.3, -0.25) is 0 Å². The Hall–Kier alpha value is -1.66. The summed E-state index contributed by atoms with van der Waals surface area (Å²) in [6.45, 7) is 11.3. The molecule has 0 spiro atoms. The molecular formula is C11H18O6. The Balaban J connectivity index is 0. The van der Waals surface area contributed by atoms with Gasteiger partial charge in [-0.25, -0.2) is 9.59 Å². The van der Waals surface area contributed by atoms with Gasteiger partial charge in [-0.2, -0.15) is 0 Å². The second kappa shape index (κ2) is 10.8. The van der Waals surface area contributed by atoms with Gasteiger partial charge in [-0.1, -0.05) is 13.2 Å². The first-order valence-corrected chi connectivity index (χ1v) is 4.72. The van der Waals surface area contributed by atoms with Gasteiger partial charge in [0, 0.05) is 11.1 Å². The second-order valence-corrected chi connectivity index (χ2v) is 3.11. The highest BCUT2D eigenvalue weighted by Gasteiger charge is 1.94. The van der Waals surface area contributed by atoms with Crippen molar-refractivity contribution in [1.29, 1.82) is 0 Å². The van der Waals surface area contributed by atoms with E-state index in [0.29, 0.717) is 6.79 Å². The minimum atomic E-state index is -0.935. The predicted octanol–water partition coefficient (Wildman–Crippen LogP) is 1.28. The molecule has 1 aliphatic rings. The lowest BCUT2D eigenvalue weighted by Gasteiger charge is -1.79. The summed E-state index contributed by atoms with van der Waals surface area (Å²) < 4.78 is 9.44. The highest BCUT2D eigenvalue weighted by molar-refractivity contribution is 5.85. The van der Waals surface area contributed by atoms with Gasteiger partial charge in [0.25, 0.3) is 0 Å². The third kappa shape index (κ3) is 17.0. The monoisotopic (exact) mass is 246 g/mol. The Labute approximate surface area is 100 Å². The van der Waals surface area contributed by atoms with Crippen molar-refractivity contribution in [3.63, 3.8) is 0 Å². The molecule has 0 saturated carbocycles. The smallest absolute Gasteiger partial charge is 0.330 e. The molecule has 1 aliphatic heterocycles. The van der Waals surface area contributed by atoms with Gasteiger partial charge in [0.2, 0.25) is 0 Å². The van der Waals surface area contributed by atoms with Crippen LogP contribution >= 0.6 is 0 Å². The zero-order chi connectivity index (χ0) is 13.8. The third-order valence-electron chi connectivity index (χ3n) is 1.27. The first-order valence-electron chi connectivity index (χ1n) is 4.72. The van der Waals surface area contributed by atoms with Gasteiger partial charge in [0.05, 0.1) is 13.2 Å². The van der Waals surface area contributed by atoms with E-state index in [9.17, 15) is 9.59 Å². The number of carbonyl (C=O) groups is 2. The number of rotatable bonds is 2. The van der Waals surface area contributed by atoms with Crippen molar-refractivity contribution in [3.8, 4) is 0 Å². The van der Waals surface area contributed by atoms with E-state index in [1.54, 1.807) is 0 Å². The molecule has 1 fully saturated rings. The van der Waals surface area contributed by atoms with Crippen LogP contribution in [0.4, 0.5) is 0 Å². The number of ether oxygens (including phenoxy) is 2. The van der Waals surface area contributed by atoms with Crippen LogP contribution in [0.25, 0.3) is 0 Å². The number of aliphatic carboxylic acids is 2. The van der Waals surface area contributed by atoms with Gasteiger partial charge in [-0.05, 0) is 13.8 Å². The summed E-state index contributed by atoms with van der Waals surface area (Å²) in [5.74, 6) is -1.87. The molecule has 0 unspecified atom stereocenters. The van der Waals surface area contributed by atoms with E-state index >= 15 is 0 Å². The summed E-state index contributed by atoms with van der Waals surface area (Å²) in [6.07, 6.45) is 0. The first-order chi connectivity index (χ1) is 7.79. The van der Waals surface area contributed by atoms with E-state index in [0.717, 1.165) is 13.2 Å². The number of hydrogen-bond donors (Lipinski definition) is 2. The third-order valence-corrected chi connectivity index (χ3v) is 1.27. The average molecular weight is 246 g/mol. The van der Waals surface area contributed by atoms with Gasteiger partial charge < -0.3 is 19.7 Å². The minimum absolute atomic E-state index is 0.176. The van der Waals surface area contributed by atoms with Gasteiger partial charge >= 0.3 is 11.9 Å². The second-order valence-electron chi connectivity index (χ2n) is 3.11. The molecule has 0 amide bonds. The maximum atomic E-state index is 9.60. The number of carboxylic acid groups (broad SMARTS) is 2. The lowest BCUT2D eigenvalue weighted by Crippen LogP contribution is -1.92. The predicted molar refractivity (Wildman–Crippen MR) is 61.7 cm³/mol. The molecule has 0 aromatic rings. The molecule has 1 saturated heterocycles. The van der Waals surface area contributed by atoms with E-state index in [2.05, 4.69) is 13.2 Å². The van der Waals surface area contributed by atoms with Crippen LogP contribution in [0, 0.1) is 0 Å². The van der Waals surface area contributed by atoms with Crippen molar-refractivity contribution in [2.75, 3.05) is 20.0 Å². The Kier molecular flexibility index (Phi) is 11.3. The molecule has 6 nitrogen and oxygen atoms in total. The molecular weight excluding hydrogens is 228 g/mol. The Morgan fingerprint density at radius 1 is 0.941 bits per heavy atom. The summed E-state index contributed by atoms with van der Waals surface area (Å²) >= 11 is 0. The van der Waals surface area contributed by atoms with Gasteiger partial charge in [0.1, 0.15) is 6.79 Å².